The van der Waals surface area contributed by atoms with Gasteiger partial charge in [0.15, 0.2) is 0 Å². The number of allylic oxidation sites excluding steroid dienone is 2. The van der Waals surface area contributed by atoms with E-state index in [0.717, 1.165) is 17.2 Å². The predicted octanol–water partition coefficient (Wildman–Crippen LogP) is 4.29. The number of hydrazone groups is 1. The summed E-state index contributed by atoms with van der Waals surface area (Å²) < 4.78 is 0. The third-order valence-corrected chi connectivity index (χ3v) is 3.34. The van der Waals surface area contributed by atoms with Gasteiger partial charge in [0.1, 0.15) is 5.69 Å². The van der Waals surface area contributed by atoms with Crippen LogP contribution in [0.4, 0.5) is 17.1 Å². The van der Waals surface area contributed by atoms with Crippen molar-refractivity contribution in [3.63, 3.8) is 0 Å². The topological polar surface area (TPSA) is 111 Å². The monoisotopic (exact) mass is 364 g/mol. The summed E-state index contributed by atoms with van der Waals surface area (Å²) in [5, 5.41) is 25.9. The molecule has 0 aliphatic heterocycles. The van der Waals surface area contributed by atoms with Crippen LogP contribution < -0.4 is 5.43 Å². The molecule has 0 spiro atoms. The van der Waals surface area contributed by atoms with Crippen LogP contribution in [0.2, 0.25) is 0 Å². The summed E-state index contributed by atoms with van der Waals surface area (Å²) >= 11 is 0. The first-order chi connectivity index (χ1) is 12.9. The highest BCUT2D eigenvalue weighted by molar-refractivity contribution is 5.94. The van der Waals surface area contributed by atoms with E-state index < -0.39 is 15.5 Å². The van der Waals surface area contributed by atoms with Crippen LogP contribution >= 0.6 is 0 Å². The minimum Gasteiger partial charge on any atom is -0.271 e. The normalized spacial score (nSPS) is 11.3. The molecule has 0 radical (unpaired) electrons. The molecule has 2 aromatic carbocycles. The quantitative estimate of drug-likeness (QED) is 0.368. The van der Waals surface area contributed by atoms with Crippen molar-refractivity contribution in [2.24, 2.45) is 5.10 Å². The van der Waals surface area contributed by atoms with Gasteiger partial charge in [0.05, 0.1) is 21.6 Å². The maximum atomic E-state index is 11.1. The minimum absolute atomic E-state index is 0.0615. The van der Waals surface area contributed by atoms with Crippen molar-refractivity contribution in [1.82, 2.24) is 0 Å². The van der Waals surface area contributed by atoms with Gasteiger partial charge < -0.3 is 0 Å². The lowest BCUT2D eigenvalue weighted by atomic mass is 10.2. The zero-order valence-corrected chi connectivity index (χ0v) is 14.7. The molecule has 1 N–H and O–H groups in total. The molecular weight excluding hydrogens is 348 g/mol. The van der Waals surface area contributed by atoms with Crippen LogP contribution in [0.15, 0.2) is 65.3 Å². The second-order valence-corrected chi connectivity index (χ2v) is 5.52. The van der Waals surface area contributed by atoms with E-state index in [1.807, 2.05) is 37.3 Å². The van der Waals surface area contributed by atoms with E-state index in [4.69, 9.17) is 0 Å². The van der Waals surface area contributed by atoms with Gasteiger partial charge >= 0.3 is 5.69 Å². The first-order valence-electron chi connectivity index (χ1n) is 7.85. The zero-order chi connectivity index (χ0) is 19.8. The van der Waals surface area contributed by atoms with Crippen LogP contribution in [0.3, 0.4) is 0 Å². The summed E-state index contributed by atoms with van der Waals surface area (Å²) in [6.07, 6.45) is 1.72. The Labute approximate surface area is 155 Å². The Hall–Kier alpha value is -3.99. The van der Waals surface area contributed by atoms with E-state index in [1.165, 1.54) is 12.1 Å². The molecule has 2 rings (SSSR count). The smallest absolute Gasteiger partial charge is 0.271 e. The number of nitro groups is 2. The number of hydrogen-bond acceptors (Lipinski definition) is 6. The summed E-state index contributed by atoms with van der Waals surface area (Å²) in [5.74, 6) is 6.01. The fourth-order valence-electron chi connectivity index (χ4n) is 2.10. The minimum atomic E-state index is -0.702. The van der Waals surface area contributed by atoms with E-state index >= 15 is 0 Å². The molecule has 0 fully saturated rings. The van der Waals surface area contributed by atoms with Crippen molar-refractivity contribution in [3.05, 3.63) is 86.0 Å². The Balaban J connectivity index is 2.16. The molecule has 0 saturated carbocycles. The fourth-order valence-corrected chi connectivity index (χ4v) is 2.10. The molecule has 8 heteroatoms. The van der Waals surface area contributed by atoms with Crippen molar-refractivity contribution in [2.75, 3.05) is 5.43 Å². The van der Waals surface area contributed by atoms with Gasteiger partial charge in [-0.05, 0) is 38.1 Å². The molecule has 0 amide bonds. The Kier molecular flexibility index (Phi) is 6.39. The molecule has 0 unspecified atom stereocenters. The highest BCUT2D eigenvalue weighted by Crippen LogP contribution is 2.28. The lowest BCUT2D eigenvalue weighted by Crippen LogP contribution is -2.00. The summed E-state index contributed by atoms with van der Waals surface area (Å²) in [7, 11) is 0. The van der Waals surface area contributed by atoms with Gasteiger partial charge in [-0.15, -0.1) is 0 Å². The maximum Gasteiger partial charge on any atom is 0.301 e. The molecule has 0 aromatic heterocycles. The SMILES string of the molecule is C/C(C#Cc1ccccc1)=C\C(C)=N\Nc1ccc([N+](=O)[O-])cc1[N+](=O)[O-]. The van der Waals surface area contributed by atoms with Gasteiger partial charge in [-0.25, -0.2) is 0 Å². The maximum absolute atomic E-state index is 11.1. The molecule has 27 heavy (non-hydrogen) atoms. The van der Waals surface area contributed by atoms with E-state index in [1.54, 1.807) is 13.0 Å². The Morgan fingerprint density at radius 2 is 1.78 bits per heavy atom. The van der Waals surface area contributed by atoms with Crippen LogP contribution in [0, 0.1) is 32.1 Å². The lowest BCUT2D eigenvalue weighted by Gasteiger charge is -2.03. The second-order valence-electron chi connectivity index (χ2n) is 5.52. The van der Waals surface area contributed by atoms with Crippen molar-refractivity contribution < 1.29 is 9.85 Å². The number of non-ortho nitro benzene ring substituents is 1. The molecule has 0 aliphatic rings. The van der Waals surface area contributed by atoms with Crippen LogP contribution in [-0.4, -0.2) is 15.6 Å². The van der Waals surface area contributed by atoms with Crippen molar-refractivity contribution >= 4 is 22.8 Å². The van der Waals surface area contributed by atoms with Gasteiger partial charge in [0.25, 0.3) is 5.69 Å². The standard InChI is InChI=1S/C19H16N4O4/c1-14(8-9-16-6-4-3-5-7-16)12-15(2)20-21-18-11-10-17(22(24)25)13-19(18)23(26)27/h3-7,10-13,21H,1-2H3/b14-12+,20-15+. The van der Waals surface area contributed by atoms with E-state index in [9.17, 15) is 20.2 Å². The second kappa shape index (κ2) is 8.92. The summed E-state index contributed by atoms with van der Waals surface area (Å²) in [6.45, 7) is 3.53. The summed E-state index contributed by atoms with van der Waals surface area (Å²) in [6, 6.07) is 12.8. The summed E-state index contributed by atoms with van der Waals surface area (Å²) in [5.41, 5.74) is 4.04. The Morgan fingerprint density at radius 1 is 1.07 bits per heavy atom. The van der Waals surface area contributed by atoms with E-state index in [2.05, 4.69) is 22.4 Å². The van der Waals surface area contributed by atoms with E-state index in [0.29, 0.717) is 5.71 Å². The van der Waals surface area contributed by atoms with Crippen molar-refractivity contribution in [1.29, 1.82) is 0 Å². The molecule has 136 valence electrons. The predicted molar refractivity (Wildman–Crippen MR) is 104 cm³/mol. The van der Waals surface area contributed by atoms with Crippen molar-refractivity contribution in [2.45, 2.75) is 13.8 Å². The van der Waals surface area contributed by atoms with Gasteiger partial charge in [-0.1, -0.05) is 30.0 Å². The third kappa shape index (κ3) is 5.79. The lowest BCUT2D eigenvalue weighted by molar-refractivity contribution is -0.393. The number of anilines is 1. The average Bonchev–Trinajstić information content (AvgIpc) is 2.65. The van der Waals surface area contributed by atoms with Gasteiger partial charge in [-0.2, -0.15) is 5.10 Å². The molecule has 0 aliphatic carbocycles. The fraction of sp³-hybridized carbons (Fsp3) is 0.105. The van der Waals surface area contributed by atoms with Gasteiger partial charge in [0.2, 0.25) is 0 Å². The highest BCUT2D eigenvalue weighted by Gasteiger charge is 2.19. The van der Waals surface area contributed by atoms with Crippen LogP contribution in [0.1, 0.15) is 19.4 Å². The Bertz CT molecular complexity index is 986. The van der Waals surface area contributed by atoms with Crippen LogP contribution in [0.25, 0.3) is 0 Å². The molecular formula is C19H16N4O4. The zero-order valence-electron chi connectivity index (χ0n) is 14.7. The first-order valence-corrected chi connectivity index (χ1v) is 7.85. The molecule has 0 bridgehead atoms. The van der Waals surface area contributed by atoms with Gasteiger partial charge in [0, 0.05) is 17.2 Å². The molecule has 0 saturated heterocycles. The molecule has 2 aromatic rings. The van der Waals surface area contributed by atoms with Gasteiger partial charge in [-0.3, -0.25) is 25.7 Å². The number of nitro benzene ring substituents is 2. The van der Waals surface area contributed by atoms with Crippen LogP contribution in [0.5, 0.6) is 0 Å². The molecule has 0 heterocycles. The highest BCUT2D eigenvalue weighted by atomic mass is 16.6. The van der Waals surface area contributed by atoms with E-state index in [-0.39, 0.29) is 11.4 Å². The van der Waals surface area contributed by atoms with Crippen molar-refractivity contribution in [3.8, 4) is 11.8 Å². The Morgan fingerprint density at radius 3 is 2.41 bits per heavy atom. The third-order valence-electron chi connectivity index (χ3n) is 3.34. The number of rotatable bonds is 5. The number of benzene rings is 2. The molecule has 0 atom stereocenters. The number of nitrogens with one attached hydrogen (secondary N) is 1. The number of hydrogen-bond donors (Lipinski definition) is 1. The average molecular weight is 364 g/mol. The largest absolute Gasteiger partial charge is 0.301 e. The summed E-state index contributed by atoms with van der Waals surface area (Å²) in [4.78, 5) is 20.5. The first kappa shape index (κ1) is 19.3. The number of nitrogens with zero attached hydrogens (tertiary/aromatic N) is 3. The van der Waals surface area contributed by atoms with Crippen LogP contribution in [-0.2, 0) is 0 Å². The molecule has 8 nitrogen and oxygen atoms in total.